The molecule has 12 heavy (non-hydrogen) atoms. The SMILES string of the molecule is O=S(O)c1cnn2cccnc12. The molecule has 0 saturated heterocycles. The summed E-state index contributed by atoms with van der Waals surface area (Å²) in [6.07, 6.45) is 4.55. The third-order valence-corrected chi connectivity index (χ3v) is 2.10. The van der Waals surface area contributed by atoms with Crippen molar-refractivity contribution in [3.8, 4) is 0 Å². The average molecular weight is 183 g/mol. The maximum atomic E-state index is 10.7. The van der Waals surface area contributed by atoms with Crippen LogP contribution in [0.3, 0.4) is 0 Å². The van der Waals surface area contributed by atoms with Crippen LogP contribution in [0.25, 0.3) is 5.65 Å². The molecule has 0 bridgehead atoms. The Morgan fingerprint density at radius 1 is 1.58 bits per heavy atom. The summed E-state index contributed by atoms with van der Waals surface area (Å²) in [5.41, 5.74) is 0.415. The van der Waals surface area contributed by atoms with E-state index in [9.17, 15) is 4.21 Å². The van der Waals surface area contributed by atoms with Gasteiger partial charge < -0.3 is 4.55 Å². The van der Waals surface area contributed by atoms with Crippen LogP contribution in [0.15, 0.2) is 29.6 Å². The van der Waals surface area contributed by atoms with Gasteiger partial charge in [0.2, 0.25) is 0 Å². The van der Waals surface area contributed by atoms with Crippen molar-refractivity contribution in [3.63, 3.8) is 0 Å². The van der Waals surface area contributed by atoms with Gasteiger partial charge in [-0.1, -0.05) is 0 Å². The van der Waals surface area contributed by atoms with E-state index in [-0.39, 0.29) is 4.90 Å². The highest BCUT2D eigenvalue weighted by Crippen LogP contribution is 2.09. The molecule has 0 fully saturated rings. The van der Waals surface area contributed by atoms with Crippen molar-refractivity contribution in [2.75, 3.05) is 0 Å². The summed E-state index contributed by atoms with van der Waals surface area (Å²) in [7, 11) is 0. The lowest BCUT2D eigenvalue weighted by molar-refractivity contribution is 0.565. The first kappa shape index (κ1) is 7.38. The van der Waals surface area contributed by atoms with Crippen molar-refractivity contribution in [2.24, 2.45) is 0 Å². The first-order valence-electron chi connectivity index (χ1n) is 3.18. The Morgan fingerprint density at radius 3 is 3.17 bits per heavy atom. The third kappa shape index (κ3) is 1.01. The predicted molar refractivity (Wildman–Crippen MR) is 42.0 cm³/mol. The molecule has 2 heterocycles. The monoisotopic (exact) mass is 183 g/mol. The Morgan fingerprint density at radius 2 is 2.42 bits per heavy atom. The standard InChI is InChI=1S/C6H5N3O2S/c10-12(11)5-4-8-9-3-1-2-7-6(5)9/h1-4H,(H,10,11). The van der Waals surface area contributed by atoms with E-state index in [1.165, 1.54) is 10.7 Å². The molecule has 0 radical (unpaired) electrons. The van der Waals surface area contributed by atoms with Crippen LogP contribution in [-0.4, -0.2) is 23.4 Å². The van der Waals surface area contributed by atoms with Gasteiger partial charge in [0.05, 0.1) is 6.20 Å². The topological polar surface area (TPSA) is 67.5 Å². The maximum absolute atomic E-state index is 10.7. The molecule has 0 saturated carbocycles. The fraction of sp³-hybridized carbons (Fsp3) is 0. The number of fused-ring (bicyclic) bond motifs is 1. The van der Waals surface area contributed by atoms with Gasteiger partial charge in [0.25, 0.3) is 0 Å². The molecule has 2 rings (SSSR count). The van der Waals surface area contributed by atoms with Crippen LogP contribution < -0.4 is 0 Å². The zero-order chi connectivity index (χ0) is 8.55. The minimum absolute atomic E-state index is 0.232. The lowest BCUT2D eigenvalue weighted by Gasteiger charge is -1.90. The van der Waals surface area contributed by atoms with Crippen molar-refractivity contribution < 1.29 is 8.76 Å². The van der Waals surface area contributed by atoms with Gasteiger partial charge in [-0.15, -0.1) is 0 Å². The molecule has 0 aliphatic carbocycles. The second-order valence-electron chi connectivity index (χ2n) is 2.15. The van der Waals surface area contributed by atoms with E-state index in [1.807, 2.05) is 0 Å². The molecule has 6 heteroatoms. The summed E-state index contributed by atoms with van der Waals surface area (Å²) < 4.78 is 20.9. The molecule has 62 valence electrons. The molecule has 0 aliphatic heterocycles. The molecule has 2 aromatic heterocycles. The second kappa shape index (κ2) is 2.65. The zero-order valence-corrected chi connectivity index (χ0v) is 6.73. The van der Waals surface area contributed by atoms with E-state index < -0.39 is 11.1 Å². The van der Waals surface area contributed by atoms with E-state index in [0.717, 1.165) is 0 Å². The van der Waals surface area contributed by atoms with E-state index in [2.05, 4.69) is 10.1 Å². The summed E-state index contributed by atoms with van der Waals surface area (Å²) in [6, 6.07) is 1.70. The molecule has 0 amide bonds. The lowest BCUT2D eigenvalue weighted by atomic mass is 10.6. The quantitative estimate of drug-likeness (QED) is 0.646. The summed E-state index contributed by atoms with van der Waals surface area (Å²) in [5, 5.41) is 3.84. The van der Waals surface area contributed by atoms with E-state index in [0.29, 0.717) is 5.65 Å². The Bertz CT molecular complexity index is 439. The van der Waals surface area contributed by atoms with Gasteiger partial charge in [-0.3, -0.25) is 0 Å². The fourth-order valence-electron chi connectivity index (χ4n) is 0.929. The Labute approximate surface area is 70.3 Å². The second-order valence-corrected chi connectivity index (χ2v) is 3.08. The predicted octanol–water partition coefficient (Wildman–Crippen LogP) is 0.310. The van der Waals surface area contributed by atoms with Crippen LogP contribution in [0.4, 0.5) is 0 Å². The number of nitrogens with zero attached hydrogens (tertiary/aromatic N) is 3. The molecule has 1 atom stereocenters. The third-order valence-electron chi connectivity index (χ3n) is 1.44. The van der Waals surface area contributed by atoms with Crippen molar-refractivity contribution in [2.45, 2.75) is 4.90 Å². The summed E-state index contributed by atoms with van der Waals surface area (Å²) in [4.78, 5) is 4.14. The van der Waals surface area contributed by atoms with Gasteiger partial charge in [0.1, 0.15) is 4.90 Å². The largest absolute Gasteiger partial charge is 0.302 e. The Kier molecular flexibility index (Phi) is 1.63. The fourth-order valence-corrected chi connectivity index (χ4v) is 1.37. The number of hydrogen-bond donors (Lipinski definition) is 1. The highest BCUT2D eigenvalue weighted by atomic mass is 32.2. The van der Waals surface area contributed by atoms with Crippen molar-refractivity contribution in [1.29, 1.82) is 0 Å². The molecule has 1 N–H and O–H groups in total. The molecule has 0 aliphatic rings. The van der Waals surface area contributed by atoms with E-state index in [4.69, 9.17) is 4.55 Å². The van der Waals surface area contributed by atoms with Crippen LogP contribution in [-0.2, 0) is 11.1 Å². The number of aromatic nitrogens is 3. The van der Waals surface area contributed by atoms with Gasteiger partial charge in [0.15, 0.2) is 16.7 Å². The van der Waals surface area contributed by atoms with Crippen molar-refractivity contribution in [3.05, 3.63) is 24.7 Å². The van der Waals surface area contributed by atoms with Gasteiger partial charge in [0, 0.05) is 12.4 Å². The molecule has 0 aromatic carbocycles. The molecular formula is C6H5N3O2S. The van der Waals surface area contributed by atoms with Crippen LogP contribution in [0.2, 0.25) is 0 Å². The van der Waals surface area contributed by atoms with Gasteiger partial charge in [-0.2, -0.15) is 5.10 Å². The van der Waals surface area contributed by atoms with Crippen molar-refractivity contribution in [1.82, 2.24) is 14.6 Å². The summed E-state index contributed by atoms with van der Waals surface area (Å²) in [6.45, 7) is 0. The molecule has 2 aromatic rings. The number of rotatable bonds is 1. The zero-order valence-electron chi connectivity index (χ0n) is 5.91. The Hall–Kier alpha value is -1.27. The maximum Gasteiger partial charge on any atom is 0.192 e. The highest BCUT2D eigenvalue weighted by molar-refractivity contribution is 7.79. The Balaban J connectivity index is 2.79. The van der Waals surface area contributed by atoms with Gasteiger partial charge in [-0.25, -0.2) is 13.7 Å². The lowest BCUT2D eigenvalue weighted by Crippen LogP contribution is -1.91. The van der Waals surface area contributed by atoms with Crippen molar-refractivity contribution >= 4 is 16.7 Å². The summed E-state index contributed by atoms with van der Waals surface area (Å²) in [5.74, 6) is 0. The highest BCUT2D eigenvalue weighted by Gasteiger charge is 2.08. The van der Waals surface area contributed by atoms with Gasteiger partial charge in [-0.05, 0) is 6.07 Å². The minimum atomic E-state index is -2.02. The minimum Gasteiger partial charge on any atom is -0.302 e. The van der Waals surface area contributed by atoms with E-state index >= 15 is 0 Å². The summed E-state index contributed by atoms with van der Waals surface area (Å²) >= 11 is -2.02. The normalized spacial score (nSPS) is 13.4. The first-order chi connectivity index (χ1) is 5.79. The molecule has 5 nitrogen and oxygen atoms in total. The smallest absolute Gasteiger partial charge is 0.192 e. The molecule has 0 spiro atoms. The van der Waals surface area contributed by atoms with Crippen LogP contribution in [0.1, 0.15) is 0 Å². The molecule has 1 unspecified atom stereocenters. The van der Waals surface area contributed by atoms with Crippen LogP contribution >= 0.6 is 0 Å². The van der Waals surface area contributed by atoms with Crippen LogP contribution in [0.5, 0.6) is 0 Å². The molecular weight excluding hydrogens is 178 g/mol. The van der Waals surface area contributed by atoms with Gasteiger partial charge >= 0.3 is 0 Å². The van der Waals surface area contributed by atoms with E-state index in [1.54, 1.807) is 18.5 Å². The van der Waals surface area contributed by atoms with Crippen LogP contribution in [0, 0.1) is 0 Å². The average Bonchev–Trinajstić information content (AvgIpc) is 2.47. The first-order valence-corrected chi connectivity index (χ1v) is 4.29. The number of hydrogen-bond acceptors (Lipinski definition) is 3.